The zero-order valence-electron chi connectivity index (χ0n) is 12.4. The average molecular weight is 268 g/mol. The molecule has 2 atom stereocenters. The van der Waals surface area contributed by atoms with Gasteiger partial charge in [-0.3, -0.25) is 4.90 Å². The summed E-state index contributed by atoms with van der Waals surface area (Å²) in [5, 5.41) is 5.77. The standard InChI is InChI=1S/C15H28N2S/c1-6-13(4)16-10-14(5)17(12(2)3)11-15-8-7-9-18-15/h7-9,12-14,16H,6,10-11H2,1-5H3. The molecule has 0 aliphatic heterocycles. The van der Waals surface area contributed by atoms with Gasteiger partial charge in [0.15, 0.2) is 0 Å². The summed E-state index contributed by atoms with van der Waals surface area (Å²) in [6, 6.07) is 6.14. The largest absolute Gasteiger partial charge is 0.313 e. The lowest BCUT2D eigenvalue weighted by molar-refractivity contribution is 0.151. The van der Waals surface area contributed by atoms with Gasteiger partial charge in [-0.05, 0) is 45.6 Å². The Kier molecular flexibility index (Phi) is 6.90. The van der Waals surface area contributed by atoms with Crippen molar-refractivity contribution in [3.05, 3.63) is 22.4 Å². The first-order chi connectivity index (χ1) is 8.54. The van der Waals surface area contributed by atoms with E-state index in [9.17, 15) is 0 Å². The van der Waals surface area contributed by atoms with Gasteiger partial charge in [0.05, 0.1) is 0 Å². The van der Waals surface area contributed by atoms with E-state index in [1.54, 1.807) is 0 Å². The molecule has 0 aliphatic carbocycles. The summed E-state index contributed by atoms with van der Waals surface area (Å²) in [6.45, 7) is 13.5. The van der Waals surface area contributed by atoms with Gasteiger partial charge in [0, 0.05) is 36.1 Å². The quantitative estimate of drug-likeness (QED) is 0.773. The lowest BCUT2D eigenvalue weighted by Gasteiger charge is -2.33. The molecule has 2 nitrogen and oxygen atoms in total. The summed E-state index contributed by atoms with van der Waals surface area (Å²) in [5.74, 6) is 0. The molecule has 2 unspecified atom stereocenters. The van der Waals surface area contributed by atoms with Crippen LogP contribution in [0.4, 0.5) is 0 Å². The Morgan fingerprint density at radius 2 is 2.00 bits per heavy atom. The highest BCUT2D eigenvalue weighted by Crippen LogP contribution is 2.16. The zero-order valence-corrected chi connectivity index (χ0v) is 13.3. The predicted molar refractivity (Wildman–Crippen MR) is 82.2 cm³/mol. The highest BCUT2D eigenvalue weighted by molar-refractivity contribution is 7.09. The minimum atomic E-state index is 0.570. The van der Waals surface area contributed by atoms with Gasteiger partial charge in [-0.1, -0.05) is 13.0 Å². The lowest BCUT2D eigenvalue weighted by atomic mass is 10.2. The van der Waals surface area contributed by atoms with Crippen LogP contribution in [0.15, 0.2) is 17.5 Å². The van der Waals surface area contributed by atoms with Crippen molar-refractivity contribution in [2.45, 2.75) is 65.7 Å². The van der Waals surface area contributed by atoms with Gasteiger partial charge in [-0.15, -0.1) is 11.3 Å². The molecule has 0 radical (unpaired) electrons. The molecule has 3 heteroatoms. The topological polar surface area (TPSA) is 15.3 Å². The van der Waals surface area contributed by atoms with E-state index >= 15 is 0 Å². The van der Waals surface area contributed by atoms with Crippen molar-refractivity contribution in [1.82, 2.24) is 10.2 Å². The van der Waals surface area contributed by atoms with Gasteiger partial charge in [0.2, 0.25) is 0 Å². The van der Waals surface area contributed by atoms with Gasteiger partial charge in [0.25, 0.3) is 0 Å². The molecule has 1 aromatic rings. The fraction of sp³-hybridized carbons (Fsp3) is 0.733. The van der Waals surface area contributed by atoms with E-state index in [0.717, 1.165) is 13.1 Å². The maximum atomic E-state index is 3.61. The molecule has 0 fully saturated rings. The van der Waals surface area contributed by atoms with Crippen molar-refractivity contribution in [2.75, 3.05) is 6.54 Å². The SMILES string of the molecule is CCC(C)NCC(C)N(Cc1cccs1)C(C)C. The highest BCUT2D eigenvalue weighted by Gasteiger charge is 2.18. The fourth-order valence-corrected chi connectivity index (χ4v) is 2.78. The Morgan fingerprint density at radius 3 is 2.50 bits per heavy atom. The Balaban J connectivity index is 2.50. The molecule has 0 aromatic carbocycles. The molecule has 104 valence electrons. The molecule has 0 saturated heterocycles. The molecule has 0 spiro atoms. The summed E-state index contributed by atoms with van der Waals surface area (Å²) in [7, 11) is 0. The van der Waals surface area contributed by atoms with Gasteiger partial charge < -0.3 is 5.32 Å². The summed E-state index contributed by atoms with van der Waals surface area (Å²) in [5.41, 5.74) is 0. The van der Waals surface area contributed by atoms with Crippen molar-refractivity contribution in [2.24, 2.45) is 0 Å². The van der Waals surface area contributed by atoms with E-state index in [-0.39, 0.29) is 0 Å². The van der Waals surface area contributed by atoms with Crippen LogP contribution in [-0.2, 0) is 6.54 Å². The van der Waals surface area contributed by atoms with Gasteiger partial charge in [-0.2, -0.15) is 0 Å². The molecular formula is C15H28N2S. The second-order valence-corrected chi connectivity index (χ2v) is 6.44. The van der Waals surface area contributed by atoms with Crippen molar-refractivity contribution >= 4 is 11.3 Å². The number of nitrogens with zero attached hydrogens (tertiary/aromatic N) is 1. The normalized spacial score (nSPS) is 15.3. The summed E-state index contributed by atoms with van der Waals surface area (Å²) in [6.07, 6.45) is 1.19. The molecule has 1 heterocycles. The first kappa shape index (κ1) is 15.7. The molecule has 1 N–H and O–H groups in total. The molecule has 1 rings (SSSR count). The molecule has 1 aromatic heterocycles. The predicted octanol–water partition coefficient (Wildman–Crippen LogP) is 3.74. The van der Waals surface area contributed by atoms with Crippen LogP contribution in [0.3, 0.4) is 0 Å². The molecular weight excluding hydrogens is 240 g/mol. The first-order valence-corrected chi connectivity index (χ1v) is 7.94. The minimum absolute atomic E-state index is 0.570. The second-order valence-electron chi connectivity index (χ2n) is 5.41. The van der Waals surface area contributed by atoms with Gasteiger partial charge in [0.1, 0.15) is 0 Å². The number of rotatable bonds is 8. The summed E-state index contributed by atoms with van der Waals surface area (Å²) < 4.78 is 0. The number of hydrogen-bond donors (Lipinski definition) is 1. The van der Waals surface area contributed by atoms with E-state index in [1.807, 2.05) is 11.3 Å². The third-order valence-electron chi connectivity index (χ3n) is 3.52. The molecule has 0 bridgehead atoms. The van der Waals surface area contributed by atoms with Crippen molar-refractivity contribution < 1.29 is 0 Å². The van der Waals surface area contributed by atoms with Crippen LogP contribution in [0.2, 0.25) is 0 Å². The van der Waals surface area contributed by atoms with Crippen LogP contribution in [0, 0.1) is 0 Å². The Labute approximate surface area is 116 Å². The Bertz CT molecular complexity index is 308. The van der Waals surface area contributed by atoms with E-state index in [0.29, 0.717) is 18.1 Å². The first-order valence-electron chi connectivity index (χ1n) is 7.06. The monoisotopic (exact) mass is 268 g/mol. The Hall–Kier alpha value is -0.380. The van der Waals surface area contributed by atoms with Gasteiger partial charge >= 0.3 is 0 Å². The molecule has 18 heavy (non-hydrogen) atoms. The van der Waals surface area contributed by atoms with Crippen molar-refractivity contribution in [1.29, 1.82) is 0 Å². The van der Waals surface area contributed by atoms with Gasteiger partial charge in [-0.25, -0.2) is 0 Å². The number of thiophene rings is 1. The average Bonchev–Trinajstić information content (AvgIpc) is 2.85. The van der Waals surface area contributed by atoms with E-state index < -0.39 is 0 Å². The van der Waals surface area contributed by atoms with E-state index in [2.05, 4.69) is 62.3 Å². The van der Waals surface area contributed by atoms with Crippen LogP contribution < -0.4 is 5.32 Å². The highest BCUT2D eigenvalue weighted by atomic mass is 32.1. The smallest absolute Gasteiger partial charge is 0.0333 e. The van der Waals surface area contributed by atoms with Crippen molar-refractivity contribution in [3.63, 3.8) is 0 Å². The lowest BCUT2D eigenvalue weighted by Crippen LogP contribution is -2.45. The van der Waals surface area contributed by atoms with E-state index in [1.165, 1.54) is 11.3 Å². The number of nitrogens with one attached hydrogen (secondary N) is 1. The van der Waals surface area contributed by atoms with Crippen LogP contribution in [-0.4, -0.2) is 29.6 Å². The van der Waals surface area contributed by atoms with Crippen LogP contribution in [0.1, 0.15) is 45.9 Å². The number of hydrogen-bond acceptors (Lipinski definition) is 3. The maximum Gasteiger partial charge on any atom is 0.0333 e. The van der Waals surface area contributed by atoms with Crippen LogP contribution >= 0.6 is 11.3 Å². The minimum Gasteiger partial charge on any atom is -0.313 e. The third kappa shape index (κ3) is 5.09. The summed E-state index contributed by atoms with van der Waals surface area (Å²) in [4.78, 5) is 4.03. The zero-order chi connectivity index (χ0) is 13.5. The third-order valence-corrected chi connectivity index (χ3v) is 4.38. The van der Waals surface area contributed by atoms with E-state index in [4.69, 9.17) is 0 Å². The Morgan fingerprint density at radius 1 is 1.28 bits per heavy atom. The molecule has 0 saturated carbocycles. The van der Waals surface area contributed by atoms with Crippen LogP contribution in [0.5, 0.6) is 0 Å². The molecule has 0 aliphatic rings. The van der Waals surface area contributed by atoms with Crippen molar-refractivity contribution in [3.8, 4) is 0 Å². The summed E-state index contributed by atoms with van der Waals surface area (Å²) >= 11 is 1.85. The molecule has 0 amide bonds. The second kappa shape index (κ2) is 7.93. The maximum absolute atomic E-state index is 3.61. The van der Waals surface area contributed by atoms with Crippen LogP contribution in [0.25, 0.3) is 0 Å². The fourth-order valence-electron chi connectivity index (χ4n) is 2.06.